The molecule has 1 radical (unpaired) electrons. The van der Waals surface area contributed by atoms with E-state index in [9.17, 15) is 0 Å². The Morgan fingerprint density at radius 3 is 1.22 bits per heavy atom. The highest BCUT2D eigenvalue weighted by atomic mass is 16.3. The second-order valence-corrected chi connectivity index (χ2v) is 13.9. The lowest BCUT2D eigenvalue weighted by Gasteiger charge is -2.67. The molecule has 0 spiro atoms. The van der Waals surface area contributed by atoms with Gasteiger partial charge in [-0.05, 0) is 45.6 Å². The topological polar surface area (TPSA) is 19.9 Å². The molecule has 0 heterocycles. The van der Waals surface area contributed by atoms with Gasteiger partial charge in [-0.25, -0.2) is 5.11 Å². The van der Waals surface area contributed by atoms with Gasteiger partial charge in [0.15, 0.2) is 0 Å². The molecule has 0 bridgehead atoms. The van der Waals surface area contributed by atoms with Crippen LogP contribution in [0.15, 0.2) is 60.7 Å². The molecule has 3 unspecified atom stereocenters. The van der Waals surface area contributed by atoms with E-state index in [2.05, 4.69) is 144 Å². The molecule has 0 saturated heterocycles. The van der Waals surface area contributed by atoms with E-state index < -0.39 is 16.9 Å². The van der Waals surface area contributed by atoms with Crippen LogP contribution in [0.2, 0.25) is 0 Å². The lowest BCUT2D eigenvalue weighted by atomic mass is 9.37. The van der Waals surface area contributed by atoms with Gasteiger partial charge in [-0.15, -0.1) is 0 Å². The maximum atomic E-state index is 16.2. The van der Waals surface area contributed by atoms with E-state index in [4.69, 9.17) is 0 Å². The molecule has 0 aliphatic heterocycles. The summed E-state index contributed by atoms with van der Waals surface area (Å²) in [6.07, 6.45) is 3.92. The average molecular weight is 506 g/mol. The normalized spacial score (nSPS) is 17.6. The van der Waals surface area contributed by atoms with Crippen molar-refractivity contribution in [3.63, 3.8) is 0 Å². The lowest BCUT2D eigenvalue weighted by Crippen LogP contribution is -2.69. The Hall–Kier alpha value is -1.60. The second-order valence-electron chi connectivity index (χ2n) is 13.9. The summed E-state index contributed by atoms with van der Waals surface area (Å²) < 4.78 is 0. The number of hydrogen-bond donors (Lipinski definition) is 0. The first kappa shape index (κ1) is 31.6. The smallest absolute Gasteiger partial charge is 0.107 e. The van der Waals surface area contributed by atoms with E-state index in [1.54, 1.807) is 0 Å². The Kier molecular flexibility index (Phi) is 9.61. The first-order chi connectivity index (χ1) is 17.1. The van der Waals surface area contributed by atoms with E-state index >= 15 is 5.11 Å². The maximum absolute atomic E-state index is 16.2. The van der Waals surface area contributed by atoms with Crippen LogP contribution < -0.4 is 0 Å². The molecule has 0 aliphatic rings. The fourth-order valence-corrected chi connectivity index (χ4v) is 8.62. The fraction of sp³-hybridized carbons (Fsp3) is 0.667. The predicted molar refractivity (Wildman–Crippen MR) is 162 cm³/mol. The van der Waals surface area contributed by atoms with Crippen molar-refractivity contribution in [1.82, 2.24) is 0 Å². The van der Waals surface area contributed by atoms with Crippen LogP contribution in [0.3, 0.4) is 0 Å². The standard InChI is InChI=1S/C36H57O/c1-13-27-36(32(7,8)15-3,34(11,12)29-25-21-18-22-26-29)30(37)35(16-4,31(5,6)14-2)33(9,10)28-23-19-17-20-24-28/h17-26,30H,13-16,27H2,1-12H3. The number of rotatable bonds is 13. The summed E-state index contributed by atoms with van der Waals surface area (Å²) in [5.74, 6) is 0. The molecule has 37 heavy (non-hydrogen) atoms. The molecule has 0 fully saturated rings. The molecule has 207 valence electrons. The highest BCUT2D eigenvalue weighted by Gasteiger charge is 2.69. The SMILES string of the molecule is CCCC(C([O])C(CC)(C(C)(C)CC)C(C)(C)c1ccccc1)(C(C)(C)CC)C(C)(C)c1ccccc1. The molecule has 3 atom stereocenters. The predicted octanol–water partition coefficient (Wildman–Crippen LogP) is 10.8. The summed E-state index contributed by atoms with van der Waals surface area (Å²) in [6, 6.07) is 21.7. The van der Waals surface area contributed by atoms with Crippen molar-refractivity contribution in [2.45, 2.75) is 132 Å². The minimum absolute atomic E-state index is 0.161. The molecule has 0 N–H and O–H groups in total. The summed E-state index contributed by atoms with van der Waals surface area (Å²) >= 11 is 0. The fourth-order valence-electron chi connectivity index (χ4n) is 8.62. The highest BCUT2D eigenvalue weighted by Crippen LogP contribution is 2.69. The van der Waals surface area contributed by atoms with Crippen LogP contribution in [0, 0.1) is 21.7 Å². The Balaban J connectivity index is 3.11. The molecular weight excluding hydrogens is 448 g/mol. The molecule has 1 heteroatoms. The van der Waals surface area contributed by atoms with Gasteiger partial charge in [-0.3, -0.25) is 0 Å². The molecule has 1 nitrogen and oxygen atoms in total. The summed E-state index contributed by atoms with van der Waals surface area (Å²) in [5, 5.41) is 16.2. The molecule has 0 aliphatic carbocycles. The van der Waals surface area contributed by atoms with Crippen molar-refractivity contribution in [3.8, 4) is 0 Å². The van der Waals surface area contributed by atoms with Crippen molar-refractivity contribution in [2.75, 3.05) is 0 Å². The maximum Gasteiger partial charge on any atom is 0.107 e. The van der Waals surface area contributed by atoms with Crippen LogP contribution in [0.4, 0.5) is 0 Å². The van der Waals surface area contributed by atoms with Crippen LogP contribution >= 0.6 is 0 Å². The molecular formula is C36H57O. The minimum atomic E-state index is -0.778. The van der Waals surface area contributed by atoms with E-state index in [0.717, 1.165) is 32.1 Å². The zero-order valence-corrected chi connectivity index (χ0v) is 26.3. The zero-order valence-electron chi connectivity index (χ0n) is 26.3. The third kappa shape index (κ3) is 4.73. The van der Waals surface area contributed by atoms with Gasteiger partial charge in [0.05, 0.1) is 0 Å². The third-order valence-corrected chi connectivity index (χ3v) is 11.5. The van der Waals surface area contributed by atoms with Gasteiger partial charge in [0, 0.05) is 10.8 Å². The third-order valence-electron chi connectivity index (χ3n) is 11.5. The number of benzene rings is 2. The Morgan fingerprint density at radius 2 is 0.892 bits per heavy atom. The number of hydrogen-bond acceptors (Lipinski definition) is 0. The van der Waals surface area contributed by atoms with E-state index in [0.29, 0.717) is 0 Å². The van der Waals surface area contributed by atoms with Gasteiger partial charge in [-0.1, -0.05) is 163 Å². The van der Waals surface area contributed by atoms with Crippen molar-refractivity contribution in [2.24, 2.45) is 21.7 Å². The largest absolute Gasteiger partial charge is 0.232 e. The summed E-state index contributed by atoms with van der Waals surface area (Å²) in [4.78, 5) is 0. The van der Waals surface area contributed by atoms with Crippen molar-refractivity contribution in [1.29, 1.82) is 0 Å². The van der Waals surface area contributed by atoms with Crippen LogP contribution in [0.1, 0.15) is 126 Å². The van der Waals surface area contributed by atoms with Crippen molar-refractivity contribution in [3.05, 3.63) is 71.8 Å². The van der Waals surface area contributed by atoms with Crippen molar-refractivity contribution >= 4 is 0 Å². The van der Waals surface area contributed by atoms with E-state index in [-0.39, 0.29) is 21.7 Å². The van der Waals surface area contributed by atoms with Gasteiger partial charge >= 0.3 is 0 Å². The van der Waals surface area contributed by atoms with Gasteiger partial charge in [0.25, 0.3) is 0 Å². The first-order valence-corrected chi connectivity index (χ1v) is 14.9. The van der Waals surface area contributed by atoms with E-state index in [1.807, 2.05) is 0 Å². The zero-order chi connectivity index (χ0) is 28.3. The molecule has 2 aromatic carbocycles. The van der Waals surface area contributed by atoms with Crippen molar-refractivity contribution < 1.29 is 5.11 Å². The summed E-state index contributed by atoms with van der Waals surface area (Å²) in [5.41, 5.74) is 0.648. The van der Waals surface area contributed by atoms with Gasteiger partial charge < -0.3 is 0 Å². The highest BCUT2D eigenvalue weighted by molar-refractivity contribution is 5.35. The molecule has 2 aromatic rings. The van der Waals surface area contributed by atoms with E-state index in [1.165, 1.54) is 11.1 Å². The van der Waals surface area contributed by atoms with Gasteiger partial charge in [0.1, 0.15) is 6.10 Å². The molecule has 0 aromatic heterocycles. The molecule has 0 amide bonds. The van der Waals surface area contributed by atoms with Gasteiger partial charge in [0.2, 0.25) is 0 Å². The Bertz CT molecular complexity index is 968. The monoisotopic (exact) mass is 505 g/mol. The van der Waals surface area contributed by atoms with Crippen LogP contribution in [-0.2, 0) is 15.9 Å². The van der Waals surface area contributed by atoms with Crippen LogP contribution in [0.5, 0.6) is 0 Å². The molecule has 0 saturated carbocycles. The summed E-state index contributed by atoms with van der Waals surface area (Å²) in [7, 11) is 0. The second kappa shape index (κ2) is 11.3. The van der Waals surface area contributed by atoms with Crippen LogP contribution in [-0.4, -0.2) is 6.10 Å². The quantitative estimate of drug-likeness (QED) is 0.258. The Morgan fingerprint density at radius 1 is 0.541 bits per heavy atom. The van der Waals surface area contributed by atoms with Gasteiger partial charge in [-0.2, -0.15) is 0 Å². The summed E-state index contributed by atoms with van der Waals surface area (Å²) in [6.45, 7) is 28.1. The first-order valence-electron chi connectivity index (χ1n) is 14.9. The Labute approximate surface area is 230 Å². The average Bonchev–Trinajstić information content (AvgIpc) is 2.88. The van der Waals surface area contributed by atoms with Crippen LogP contribution in [0.25, 0.3) is 0 Å². The minimum Gasteiger partial charge on any atom is -0.232 e. The molecule has 2 rings (SSSR count). The lowest BCUT2D eigenvalue weighted by molar-refractivity contribution is -0.246.